The van der Waals surface area contributed by atoms with E-state index in [4.69, 9.17) is 14.0 Å². The molecule has 2 aromatic carbocycles. The number of hydrogen-bond acceptors (Lipinski definition) is 7. The molecule has 2 N–H and O–H groups in total. The fourth-order valence-electron chi connectivity index (χ4n) is 3.80. The van der Waals surface area contributed by atoms with Crippen molar-refractivity contribution in [2.75, 3.05) is 19.5 Å². The monoisotopic (exact) mass is 455 g/mol. The van der Waals surface area contributed by atoms with E-state index in [1.54, 1.807) is 32.4 Å². The zero-order valence-electron chi connectivity index (χ0n) is 18.7. The van der Waals surface area contributed by atoms with Gasteiger partial charge in [-0.1, -0.05) is 35.5 Å². The van der Waals surface area contributed by atoms with Crippen LogP contribution in [0.4, 0.5) is 5.69 Å². The van der Waals surface area contributed by atoms with Crippen molar-refractivity contribution in [3.05, 3.63) is 72.1 Å². The van der Waals surface area contributed by atoms with Gasteiger partial charge in [0, 0.05) is 11.1 Å². The first kappa shape index (κ1) is 21.2. The molecule has 0 aliphatic carbocycles. The number of pyridine rings is 1. The summed E-state index contributed by atoms with van der Waals surface area (Å²) in [5, 5.41) is 14.9. The number of carbonyl (C=O) groups excluding carboxylic acids is 1. The van der Waals surface area contributed by atoms with Gasteiger partial charge in [0.2, 0.25) is 5.88 Å². The summed E-state index contributed by atoms with van der Waals surface area (Å²) in [6.07, 6.45) is 1.71. The van der Waals surface area contributed by atoms with Crippen LogP contribution in [-0.2, 0) is 0 Å². The number of aromatic amines is 1. The van der Waals surface area contributed by atoms with E-state index in [0.717, 1.165) is 22.0 Å². The number of carbonyl (C=O) groups is 1. The Hall–Kier alpha value is -4.66. The van der Waals surface area contributed by atoms with Crippen molar-refractivity contribution in [3.63, 3.8) is 0 Å². The molecule has 0 bridgehead atoms. The number of anilines is 1. The van der Waals surface area contributed by atoms with Crippen LogP contribution in [0.3, 0.4) is 0 Å². The molecule has 34 heavy (non-hydrogen) atoms. The molecule has 0 aliphatic rings. The van der Waals surface area contributed by atoms with Crippen molar-refractivity contribution in [1.29, 1.82) is 0 Å². The zero-order chi connectivity index (χ0) is 23.7. The maximum Gasteiger partial charge on any atom is 0.261 e. The van der Waals surface area contributed by atoms with Crippen LogP contribution < -0.4 is 14.8 Å². The molecule has 0 saturated heterocycles. The molecule has 0 fully saturated rings. The highest BCUT2D eigenvalue weighted by atomic mass is 16.5. The van der Waals surface area contributed by atoms with Crippen molar-refractivity contribution in [1.82, 2.24) is 20.3 Å². The summed E-state index contributed by atoms with van der Waals surface area (Å²) in [5.74, 6) is 0.992. The number of nitrogens with zero attached hydrogens (tertiary/aromatic N) is 3. The van der Waals surface area contributed by atoms with Crippen LogP contribution in [0.2, 0.25) is 0 Å². The molecule has 170 valence electrons. The van der Waals surface area contributed by atoms with E-state index in [2.05, 4.69) is 25.7 Å². The van der Waals surface area contributed by atoms with Gasteiger partial charge in [-0.15, -0.1) is 0 Å². The number of fused-ring (bicyclic) bond motifs is 1. The van der Waals surface area contributed by atoms with Crippen LogP contribution >= 0.6 is 0 Å². The normalized spacial score (nSPS) is 10.9. The number of aryl methyl sites for hydroxylation is 1. The van der Waals surface area contributed by atoms with Crippen molar-refractivity contribution in [2.45, 2.75) is 6.92 Å². The Labute approximate surface area is 194 Å². The molecule has 3 heterocycles. The predicted molar refractivity (Wildman–Crippen MR) is 127 cm³/mol. The standard InChI is InChI=1S/C25H21N5O4/c1-14-22(23(30-34-14)15-7-5-4-6-8-15)24(31)27-19-10-9-18(28-25(19)33-3)16-11-20-17(13-26-29-20)21(12-16)32-2/h4-13H,1-3H3,(H,26,29)(H,27,31). The minimum Gasteiger partial charge on any atom is -0.496 e. The lowest BCUT2D eigenvalue weighted by Gasteiger charge is -2.12. The SMILES string of the molecule is COc1nc(-c2cc(OC)c3cn[nH]c3c2)ccc1NC(=O)c1c(-c2ccccc2)noc1C. The van der Waals surface area contributed by atoms with Gasteiger partial charge in [-0.3, -0.25) is 9.89 Å². The summed E-state index contributed by atoms with van der Waals surface area (Å²) >= 11 is 0. The molecule has 0 spiro atoms. The smallest absolute Gasteiger partial charge is 0.261 e. The van der Waals surface area contributed by atoms with Crippen LogP contribution in [-0.4, -0.2) is 40.5 Å². The van der Waals surface area contributed by atoms with Crippen molar-refractivity contribution in [3.8, 4) is 34.1 Å². The Bertz CT molecular complexity index is 1490. The second-order valence-electron chi connectivity index (χ2n) is 7.55. The topological polar surface area (TPSA) is 115 Å². The van der Waals surface area contributed by atoms with E-state index < -0.39 is 0 Å². The lowest BCUT2D eigenvalue weighted by atomic mass is 10.1. The molecule has 0 aliphatic heterocycles. The third kappa shape index (κ3) is 3.73. The van der Waals surface area contributed by atoms with Gasteiger partial charge in [0.25, 0.3) is 5.91 Å². The van der Waals surface area contributed by atoms with E-state index in [9.17, 15) is 4.79 Å². The predicted octanol–water partition coefficient (Wildman–Crippen LogP) is 4.86. The quantitative estimate of drug-likeness (QED) is 0.376. The number of H-pyrrole nitrogens is 1. The molecular formula is C25H21N5O4. The van der Waals surface area contributed by atoms with Crippen LogP contribution in [0.25, 0.3) is 33.4 Å². The Morgan fingerprint density at radius 2 is 1.85 bits per heavy atom. The minimum absolute atomic E-state index is 0.268. The highest BCUT2D eigenvalue weighted by Gasteiger charge is 2.23. The molecule has 5 aromatic rings. The first-order valence-corrected chi connectivity index (χ1v) is 10.5. The van der Waals surface area contributed by atoms with Crippen LogP contribution in [0.1, 0.15) is 16.1 Å². The lowest BCUT2D eigenvalue weighted by molar-refractivity contribution is 0.102. The van der Waals surface area contributed by atoms with Gasteiger partial charge < -0.3 is 19.3 Å². The van der Waals surface area contributed by atoms with E-state index in [1.165, 1.54) is 7.11 Å². The number of aromatic nitrogens is 4. The molecule has 9 nitrogen and oxygen atoms in total. The largest absolute Gasteiger partial charge is 0.496 e. The molecule has 1 amide bonds. The summed E-state index contributed by atoms with van der Waals surface area (Å²) < 4.78 is 16.3. The summed E-state index contributed by atoms with van der Waals surface area (Å²) in [4.78, 5) is 17.8. The van der Waals surface area contributed by atoms with Crippen molar-refractivity contribution >= 4 is 22.5 Å². The third-order valence-corrected chi connectivity index (χ3v) is 5.48. The summed E-state index contributed by atoms with van der Waals surface area (Å²) in [5.41, 5.74) is 4.31. The van der Waals surface area contributed by atoms with Crippen LogP contribution in [0.15, 0.2) is 65.3 Å². The molecule has 5 rings (SSSR count). The number of hydrogen-bond donors (Lipinski definition) is 2. The van der Waals surface area contributed by atoms with Crippen molar-refractivity contribution < 1.29 is 18.8 Å². The Balaban J connectivity index is 1.48. The van der Waals surface area contributed by atoms with Gasteiger partial charge >= 0.3 is 0 Å². The molecule has 9 heteroatoms. The number of amides is 1. The average molecular weight is 455 g/mol. The van der Waals surface area contributed by atoms with Gasteiger partial charge in [0.05, 0.1) is 37.0 Å². The van der Waals surface area contributed by atoms with Crippen LogP contribution in [0, 0.1) is 6.92 Å². The molecular weight excluding hydrogens is 434 g/mol. The molecule has 0 radical (unpaired) electrons. The average Bonchev–Trinajstić information content (AvgIpc) is 3.50. The number of methoxy groups -OCH3 is 2. The Kier molecular flexibility index (Phi) is 5.43. The summed E-state index contributed by atoms with van der Waals surface area (Å²) in [7, 11) is 3.11. The molecule has 3 aromatic heterocycles. The number of ether oxygens (including phenoxy) is 2. The Morgan fingerprint density at radius 1 is 1.03 bits per heavy atom. The van der Waals surface area contributed by atoms with Gasteiger partial charge in [-0.05, 0) is 31.2 Å². The van der Waals surface area contributed by atoms with Gasteiger partial charge in [-0.2, -0.15) is 5.10 Å². The fourth-order valence-corrected chi connectivity index (χ4v) is 3.80. The van der Waals surface area contributed by atoms with Gasteiger partial charge in [0.1, 0.15) is 28.5 Å². The van der Waals surface area contributed by atoms with Gasteiger partial charge in [0.15, 0.2) is 0 Å². The fraction of sp³-hybridized carbons (Fsp3) is 0.120. The van der Waals surface area contributed by atoms with E-state index in [1.807, 2.05) is 42.5 Å². The minimum atomic E-state index is -0.369. The Morgan fingerprint density at radius 3 is 2.62 bits per heavy atom. The maximum atomic E-state index is 13.2. The van der Waals surface area contributed by atoms with E-state index in [-0.39, 0.29) is 11.8 Å². The van der Waals surface area contributed by atoms with E-state index in [0.29, 0.717) is 34.1 Å². The van der Waals surface area contributed by atoms with E-state index >= 15 is 0 Å². The van der Waals surface area contributed by atoms with Crippen LogP contribution in [0.5, 0.6) is 11.6 Å². The summed E-state index contributed by atoms with van der Waals surface area (Å²) in [6.45, 7) is 1.70. The zero-order valence-corrected chi connectivity index (χ0v) is 18.7. The van der Waals surface area contributed by atoms with Gasteiger partial charge in [-0.25, -0.2) is 4.98 Å². The molecule has 0 unspecified atom stereocenters. The third-order valence-electron chi connectivity index (χ3n) is 5.48. The number of nitrogens with one attached hydrogen (secondary N) is 2. The highest BCUT2D eigenvalue weighted by Crippen LogP contribution is 2.34. The molecule has 0 atom stereocenters. The first-order valence-electron chi connectivity index (χ1n) is 10.5. The summed E-state index contributed by atoms with van der Waals surface area (Å²) in [6, 6.07) is 16.7. The number of rotatable bonds is 6. The first-order chi connectivity index (χ1) is 16.6. The molecule has 0 saturated carbocycles. The lowest BCUT2D eigenvalue weighted by Crippen LogP contribution is -2.14. The number of benzene rings is 2. The second-order valence-corrected chi connectivity index (χ2v) is 7.55. The highest BCUT2D eigenvalue weighted by molar-refractivity contribution is 6.09. The second kappa shape index (κ2) is 8.70. The van der Waals surface area contributed by atoms with Crippen molar-refractivity contribution in [2.24, 2.45) is 0 Å². The maximum absolute atomic E-state index is 13.2.